The van der Waals surface area contributed by atoms with E-state index in [2.05, 4.69) is 20.8 Å². The zero-order valence-corrected chi connectivity index (χ0v) is 11.2. The topological polar surface area (TPSA) is 0 Å². The zero-order valence-electron chi connectivity index (χ0n) is 11.2. The van der Waals surface area contributed by atoms with Gasteiger partial charge < -0.3 is 0 Å². The van der Waals surface area contributed by atoms with Gasteiger partial charge in [0.15, 0.2) is 0 Å². The van der Waals surface area contributed by atoms with E-state index < -0.39 is 12.1 Å². The normalized spacial score (nSPS) is 30.0. The summed E-state index contributed by atoms with van der Waals surface area (Å²) in [7, 11) is 0. The third-order valence-corrected chi connectivity index (χ3v) is 4.80. The van der Waals surface area contributed by atoms with E-state index in [9.17, 15) is 13.2 Å². The molecular formula is C14H25F3. The molecule has 1 aliphatic rings. The molecule has 0 aromatic rings. The molecule has 0 aliphatic heterocycles. The Balaban J connectivity index is 2.56. The van der Waals surface area contributed by atoms with E-state index in [1.165, 1.54) is 0 Å². The minimum Gasteiger partial charge on any atom is -0.171 e. The number of rotatable bonds is 4. The van der Waals surface area contributed by atoms with Crippen molar-refractivity contribution in [2.24, 2.45) is 17.3 Å². The highest BCUT2D eigenvalue weighted by Crippen LogP contribution is 2.48. The Kier molecular flexibility index (Phi) is 4.91. The van der Waals surface area contributed by atoms with Gasteiger partial charge in [0.1, 0.15) is 0 Å². The molecule has 0 aromatic heterocycles. The molecule has 0 spiro atoms. The Bertz CT molecular complexity index is 226. The van der Waals surface area contributed by atoms with Crippen LogP contribution in [0.15, 0.2) is 0 Å². The molecule has 0 saturated heterocycles. The molecule has 0 aromatic carbocycles. The fourth-order valence-electron chi connectivity index (χ4n) is 3.36. The maximum Gasteiger partial charge on any atom is 0.391 e. The molecule has 1 saturated carbocycles. The van der Waals surface area contributed by atoms with Crippen molar-refractivity contribution in [1.82, 2.24) is 0 Å². The van der Waals surface area contributed by atoms with E-state index in [1.54, 1.807) is 0 Å². The summed E-state index contributed by atoms with van der Waals surface area (Å²) in [6.45, 7) is 6.59. The van der Waals surface area contributed by atoms with Crippen molar-refractivity contribution >= 4 is 0 Å². The maximum absolute atomic E-state index is 12.6. The third kappa shape index (κ3) is 3.62. The number of hydrogen-bond acceptors (Lipinski definition) is 0. The van der Waals surface area contributed by atoms with E-state index in [1.807, 2.05) is 0 Å². The van der Waals surface area contributed by atoms with E-state index >= 15 is 0 Å². The second-order valence-corrected chi connectivity index (χ2v) is 5.85. The van der Waals surface area contributed by atoms with Gasteiger partial charge in [-0.25, -0.2) is 0 Å². The fourth-order valence-corrected chi connectivity index (χ4v) is 3.36. The average molecular weight is 250 g/mol. The largest absolute Gasteiger partial charge is 0.391 e. The van der Waals surface area contributed by atoms with Crippen LogP contribution in [-0.2, 0) is 0 Å². The molecular weight excluding hydrogens is 225 g/mol. The van der Waals surface area contributed by atoms with Gasteiger partial charge in [0.25, 0.3) is 0 Å². The van der Waals surface area contributed by atoms with Crippen molar-refractivity contribution in [3.63, 3.8) is 0 Å². The first-order valence-corrected chi connectivity index (χ1v) is 6.90. The van der Waals surface area contributed by atoms with Crippen LogP contribution in [0.3, 0.4) is 0 Å². The number of hydrogen-bond donors (Lipinski definition) is 0. The molecule has 1 atom stereocenters. The van der Waals surface area contributed by atoms with Crippen molar-refractivity contribution in [2.45, 2.75) is 71.9 Å². The van der Waals surface area contributed by atoms with Crippen molar-refractivity contribution < 1.29 is 13.2 Å². The van der Waals surface area contributed by atoms with E-state index in [4.69, 9.17) is 0 Å². The molecule has 102 valence electrons. The molecule has 1 rings (SSSR count). The van der Waals surface area contributed by atoms with Gasteiger partial charge in [-0.15, -0.1) is 0 Å². The first-order valence-electron chi connectivity index (χ1n) is 6.90. The van der Waals surface area contributed by atoms with Gasteiger partial charge in [0, 0.05) is 0 Å². The fraction of sp³-hybridized carbons (Fsp3) is 1.00. The van der Waals surface area contributed by atoms with Gasteiger partial charge in [0.2, 0.25) is 0 Å². The Morgan fingerprint density at radius 2 is 1.41 bits per heavy atom. The first kappa shape index (κ1) is 14.8. The standard InChI is InChI=1S/C14H25F3/c1-4-10-13(3,5-2)11-6-8-12(9-7-11)14(15,16)17/h11-12H,4-10H2,1-3H3. The molecule has 1 unspecified atom stereocenters. The van der Waals surface area contributed by atoms with Crippen molar-refractivity contribution in [3.8, 4) is 0 Å². The SMILES string of the molecule is CCCC(C)(CC)C1CCC(C(F)(F)F)CC1. The van der Waals surface area contributed by atoms with Crippen LogP contribution in [0.1, 0.15) is 65.7 Å². The zero-order chi connectivity index (χ0) is 13.1. The minimum atomic E-state index is -3.97. The van der Waals surface area contributed by atoms with E-state index in [0.717, 1.165) is 32.1 Å². The van der Waals surface area contributed by atoms with Crippen molar-refractivity contribution in [3.05, 3.63) is 0 Å². The molecule has 3 heteroatoms. The molecule has 0 amide bonds. The quantitative estimate of drug-likeness (QED) is 0.611. The molecule has 0 heterocycles. The van der Waals surface area contributed by atoms with Crippen LogP contribution >= 0.6 is 0 Å². The van der Waals surface area contributed by atoms with Crippen LogP contribution in [0.25, 0.3) is 0 Å². The summed E-state index contributed by atoms with van der Waals surface area (Å²) >= 11 is 0. The molecule has 0 nitrogen and oxygen atoms in total. The summed E-state index contributed by atoms with van der Waals surface area (Å²) in [6.07, 6.45) is 1.58. The van der Waals surface area contributed by atoms with E-state index in [-0.39, 0.29) is 5.41 Å². The monoisotopic (exact) mass is 250 g/mol. The predicted octanol–water partition coefficient (Wildman–Crippen LogP) is 5.57. The first-order chi connectivity index (χ1) is 7.83. The lowest BCUT2D eigenvalue weighted by molar-refractivity contribution is -0.186. The highest BCUT2D eigenvalue weighted by atomic mass is 19.4. The van der Waals surface area contributed by atoms with Gasteiger partial charge in [0.05, 0.1) is 5.92 Å². The number of halogens is 3. The van der Waals surface area contributed by atoms with Crippen LogP contribution in [0.5, 0.6) is 0 Å². The van der Waals surface area contributed by atoms with Gasteiger partial charge in [-0.1, -0.05) is 33.6 Å². The van der Waals surface area contributed by atoms with Gasteiger partial charge in [-0.3, -0.25) is 0 Å². The Hall–Kier alpha value is -0.210. The predicted molar refractivity (Wildman–Crippen MR) is 64.8 cm³/mol. The Morgan fingerprint density at radius 1 is 0.941 bits per heavy atom. The summed E-state index contributed by atoms with van der Waals surface area (Å²) in [4.78, 5) is 0. The lowest BCUT2D eigenvalue weighted by Crippen LogP contribution is -2.34. The molecule has 1 fully saturated rings. The number of alkyl halides is 3. The van der Waals surface area contributed by atoms with Gasteiger partial charge in [-0.2, -0.15) is 13.2 Å². The summed E-state index contributed by atoms with van der Waals surface area (Å²) in [5.74, 6) is -0.549. The van der Waals surface area contributed by atoms with Gasteiger partial charge >= 0.3 is 6.18 Å². The molecule has 0 bridgehead atoms. The maximum atomic E-state index is 12.6. The summed E-state index contributed by atoms with van der Waals surface area (Å²) in [6, 6.07) is 0. The van der Waals surface area contributed by atoms with E-state index in [0.29, 0.717) is 18.8 Å². The summed E-state index contributed by atoms with van der Waals surface area (Å²) in [5, 5.41) is 0. The van der Waals surface area contributed by atoms with Crippen molar-refractivity contribution in [2.75, 3.05) is 0 Å². The lowest BCUT2D eigenvalue weighted by Gasteiger charge is -2.41. The van der Waals surface area contributed by atoms with Crippen LogP contribution in [0.2, 0.25) is 0 Å². The van der Waals surface area contributed by atoms with Crippen LogP contribution in [-0.4, -0.2) is 6.18 Å². The van der Waals surface area contributed by atoms with Crippen molar-refractivity contribution in [1.29, 1.82) is 0 Å². The molecule has 0 radical (unpaired) electrons. The highest BCUT2D eigenvalue weighted by molar-refractivity contribution is 4.86. The van der Waals surface area contributed by atoms with Crippen LogP contribution in [0.4, 0.5) is 13.2 Å². The molecule has 1 aliphatic carbocycles. The van der Waals surface area contributed by atoms with Crippen LogP contribution in [0, 0.1) is 17.3 Å². The Morgan fingerprint density at radius 3 is 1.76 bits per heavy atom. The minimum absolute atomic E-state index is 0.255. The summed E-state index contributed by atoms with van der Waals surface area (Å²) < 4.78 is 37.8. The summed E-state index contributed by atoms with van der Waals surface area (Å²) in [5.41, 5.74) is 0.255. The second-order valence-electron chi connectivity index (χ2n) is 5.85. The second kappa shape index (κ2) is 5.62. The molecule has 17 heavy (non-hydrogen) atoms. The van der Waals surface area contributed by atoms with Crippen LogP contribution < -0.4 is 0 Å². The smallest absolute Gasteiger partial charge is 0.171 e. The average Bonchev–Trinajstić information content (AvgIpc) is 2.28. The van der Waals surface area contributed by atoms with Gasteiger partial charge in [-0.05, 0) is 43.4 Å². The highest BCUT2D eigenvalue weighted by Gasteiger charge is 2.44. The third-order valence-electron chi connectivity index (χ3n) is 4.80. The molecule has 0 N–H and O–H groups in total. The Labute approximate surface area is 103 Å². The lowest BCUT2D eigenvalue weighted by atomic mass is 9.64.